The molecule has 0 amide bonds. The highest BCUT2D eigenvalue weighted by Gasteiger charge is 2.32. The molecule has 5 saturated carbocycles. The van der Waals surface area contributed by atoms with Crippen LogP contribution in [0, 0.1) is 70.2 Å². The summed E-state index contributed by atoms with van der Waals surface area (Å²) in [4.78, 5) is 48.8. The van der Waals surface area contributed by atoms with Gasteiger partial charge in [-0.3, -0.25) is 19.9 Å². The first-order valence-corrected chi connectivity index (χ1v) is 41.4. The van der Waals surface area contributed by atoms with Crippen LogP contribution in [0.2, 0.25) is 5.02 Å². The molecule has 0 atom stereocenters. The summed E-state index contributed by atoms with van der Waals surface area (Å²) < 4.78 is 110. The molecule has 5 aliphatic carbocycles. The minimum absolute atomic E-state index is 0.189. The summed E-state index contributed by atoms with van der Waals surface area (Å²) in [5.74, 6) is 3.92. The maximum Gasteiger partial charge on any atom is 0.161 e. The van der Waals surface area contributed by atoms with E-state index >= 15 is 0 Å². The molecule has 590 valence electrons. The Bertz CT molecular complexity index is 5990. The number of pyridine rings is 4. The van der Waals surface area contributed by atoms with Crippen molar-refractivity contribution in [1.29, 1.82) is 0 Å². The zero-order valence-electron chi connectivity index (χ0n) is 64.1. The molecule has 4 N–H and O–H groups in total. The lowest BCUT2D eigenvalue weighted by molar-refractivity contribution is 0.322. The molecule has 0 aliphatic heterocycles. The number of hydrogen-bond acceptors (Lipinski definition) is 8. The predicted octanol–water partition coefficient (Wildman–Crippen LogP) is 25.2. The topological polar surface area (TPSA) is 166 Å². The van der Waals surface area contributed by atoms with Crippen molar-refractivity contribution in [3.05, 3.63) is 285 Å². The fourth-order valence-electron chi connectivity index (χ4n) is 19.1. The van der Waals surface area contributed by atoms with Gasteiger partial charge in [0.2, 0.25) is 0 Å². The maximum absolute atomic E-state index is 14.1. The largest absolute Gasteiger partial charge is 0.342 e. The Balaban J connectivity index is 0.000000107. The Morgan fingerprint density at radius 3 is 0.974 bits per heavy atom. The molecular formula is C95H87ClF8N12. The number of benzene rings is 8. The van der Waals surface area contributed by atoms with Crippen molar-refractivity contribution in [3.63, 3.8) is 0 Å². The summed E-state index contributed by atoms with van der Waals surface area (Å²) in [5, 5.41) is 4.13. The van der Waals surface area contributed by atoms with E-state index in [1.807, 2.05) is 84.9 Å². The number of fused-ring (bicyclic) bond motifs is 8. The number of aromatic nitrogens is 12. The van der Waals surface area contributed by atoms with Gasteiger partial charge in [-0.1, -0.05) is 60.1 Å². The minimum Gasteiger partial charge on any atom is -0.342 e. The molecule has 21 heteroatoms. The molecule has 116 heavy (non-hydrogen) atoms. The van der Waals surface area contributed by atoms with Crippen molar-refractivity contribution in [2.24, 2.45) is 23.7 Å². The third-order valence-electron chi connectivity index (χ3n) is 25.3. The van der Waals surface area contributed by atoms with E-state index < -0.39 is 23.3 Å². The number of halogens is 9. The van der Waals surface area contributed by atoms with Crippen LogP contribution >= 0.6 is 11.6 Å². The average molecular weight is 1580 g/mol. The van der Waals surface area contributed by atoms with Crippen LogP contribution in [0.15, 0.2) is 183 Å². The number of imidazole rings is 4. The molecule has 12 nitrogen and oxygen atoms in total. The normalized spacial score (nSPS) is 20.5. The first-order chi connectivity index (χ1) is 56.6. The fraction of sp³-hybridized carbons (Fsp3) is 0.326. The summed E-state index contributed by atoms with van der Waals surface area (Å²) in [6, 6.07) is 46.1. The van der Waals surface area contributed by atoms with E-state index in [0.717, 1.165) is 212 Å². The lowest BCUT2D eigenvalue weighted by Gasteiger charge is -2.29. The zero-order valence-corrected chi connectivity index (χ0v) is 64.8. The second kappa shape index (κ2) is 33.3. The Hall–Kier alpha value is -11.0. The molecule has 5 aliphatic rings. The predicted molar refractivity (Wildman–Crippen MR) is 442 cm³/mol. The lowest BCUT2D eigenvalue weighted by Crippen LogP contribution is -2.16. The van der Waals surface area contributed by atoms with Crippen LogP contribution in [0.1, 0.15) is 196 Å². The molecular weight excluding hydrogens is 1500 g/mol. The van der Waals surface area contributed by atoms with Gasteiger partial charge in [-0.25, -0.2) is 55.1 Å². The zero-order chi connectivity index (χ0) is 79.1. The van der Waals surface area contributed by atoms with Crippen molar-refractivity contribution in [3.8, 4) is 0 Å². The van der Waals surface area contributed by atoms with Crippen LogP contribution < -0.4 is 0 Å². The molecule has 16 aromatic rings. The van der Waals surface area contributed by atoms with Crippen LogP contribution in [-0.4, -0.2) is 59.8 Å². The summed E-state index contributed by atoms with van der Waals surface area (Å²) in [7, 11) is 0. The number of hydrogen-bond donors (Lipinski definition) is 4. The molecule has 0 unspecified atom stereocenters. The van der Waals surface area contributed by atoms with Gasteiger partial charge in [0.25, 0.3) is 0 Å². The van der Waals surface area contributed by atoms with E-state index in [1.165, 1.54) is 71.1 Å². The fourth-order valence-corrected chi connectivity index (χ4v) is 19.3. The highest BCUT2D eigenvalue weighted by atomic mass is 35.5. The molecule has 8 aromatic heterocycles. The summed E-state index contributed by atoms with van der Waals surface area (Å²) in [5.41, 5.74) is 14.7. The molecule has 8 heterocycles. The average Bonchev–Trinajstić information content (AvgIpc) is 1.20. The quantitative estimate of drug-likeness (QED) is 0.0828. The van der Waals surface area contributed by atoms with Gasteiger partial charge in [0.15, 0.2) is 23.3 Å². The molecule has 8 aromatic carbocycles. The van der Waals surface area contributed by atoms with E-state index in [1.54, 1.807) is 43.0 Å². The smallest absolute Gasteiger partial charge is 0.161 e. The second-order valence-corrected chi connectivity index (χ2v) is 33.3. The van der Waals surface area contributed by atoms with Crippen LogP contribution in [0.3, 0.4) is 0 Å². The van der Waals surface area contributed by atoms with Crippen molar-refractivity contribution >= 4 is 99.3 Å². The Kier molecular flexibility index (Phi) is 21.9. The van der Waals surface area contributed by atoms with E-state index in [9.17, 15) is 35.1 Å². The number of aromatic amines is 4. The van der Waals surface area contributed by atoms with Crippen molar-refractivity contribution in [2.75, 3.05) is 0 Å². The molecule has 0 saturated heterocycles. The van der Waals surface area contributed by atoms with Crippen molar-refractivity contribution < 1.29 is 35.1 Å². The number of nitrogens with zero attached hydrogens (tertiary/aromatic N) is 8. The van der Waals surface area contributed by atoms with Gasteiger partial charge < -0.3 is 19.9 Å². The molecule has 21 rings (SSSR count). The van der Waals surface area contributed by atoms with Gasteiger partial charge in [-0.2, -0.15) is 0 Å². The Morgan fingerprint density at radius 1 is 0.267 bits per heavy atom. The molecule has 0 radical (unpaired) electrons. The van der Waals surface area contributed by atoms with Gasteiger partial charge in [0, 0.05) is 101 Å². The second-order valence-electron chi connectivity index (χ2n) is 32.8. The SMILES string of the molecule is Fc1cc2nc(CC3CCC(c4ccc(F)c5ncccc45)CC3)[nH]c2cc1F.Fc1cc2nc(CC3CCC(c4ccc(F)c5ncccc45)CC3)[nH]c2cc1F.Fc1ccc(C2CCC(Cc3nc4ccc(C5CC5)cc4[nH]3)CC2)c2cccnc12.Fc1ccc(C2CCC(Cc3nc4ccc(Cl)cc4[nH]3)CC2)c2ncccc12. The third-order valence-corrected chi connectivity index (χ3v) is 25.6. The minimum atomic E-state index is -0.878. The van der Waals surface area contributed by atoms with Gasteiger partial charge >= 0.3 is 0 Å². The van der Waals surface area contributed by atoms with E-state index in [4.69, 9.17) is 21.6 Å². The highest BCUT2D eigenvalue weighted by molar-refractivity contribution is 6.31. The van der Waals surface area contributed by atoms with E-state index in [0.29, 0.717) is 91.3 Å². The number of nitrogens with one attached hydrogen (secondary N) is 4. The van der Waals surface area contributed by atoms with Crippen LogP contribution in [0.25, 0.3) is 87.7 Å². The number of H-pyrrole nitrogens is 4. The van der Waals surface area contributed by atoms with Crippen molar-refractivity contribution in [1.82, 2.24) is 59.8 Å². The summed E-state index contributed by atoms with van der Waals surface area (Å²) in [6.07, 6.45) is 30.2. The van der Waals surface area contributed by atoms with Gasteiger partial charge in [0.05, 0.1) is 49.7 Å². The van der Waals surface area contributed by atoms with Gasteiger partial charge in [-0.05, 0) is 282 Å². The highest BCUT2D eigenvalue weighted by Crippen LogP contribution is 2.46. The van der Waals surface area contributed by atoms with Crippen LogP contribution in [0.5, 0.6) is 0 Å². The first kappa shape index (κ1) is 76.3. The number of rotatable bonds is 13. The maximum atomic E-state index is 14.1. The van der Waals surface area contributed by atoms with Crippen LogP contribution in [-0.2, 0) is 25.7 Å². The van der Waals surface area contributed by atoms with Gasteiger partial charge in [-0.15, -0.1) is 0 Å². The standard InChI is InChI=1S/C26H26FN3.C23H21ClFN3.2C23H20F3N3/c27-22-11-10-20(21-2-1-13-28-26(21)22)18-5-3-16(4-6-18)14-25-29-23-12-9-19(17-7-8-17)15-24(23)30-25;24-16-7-10-20-21(13-16)28-22(27-20)12-14-3-5-15(6-4-14)17-8-9-19(25)18-2-1-11-26-23(17)18;2*24-17-8-7-15(16-2-1-9-27-23(16)17)14-5-3-13(4-6-14)10-22-28-20-11-18(25)19(26)12-21(20)29-22/h1-2,9-13,15-18H,3-8,14H2,(H,29,30);1-2,7-11,13-15H,3-6,12H2,(H,27,28);2*1-2,7-9,11-14H,3-6,10H2,(H,28,29). The molecule has 0 bridgehead atoms. The third kappa shape index (κ3) is 16.6. The van der Waals surface area contributed by atoms with Crippen LogP contribution in [0.4, 0.5) is 35.1 Å². The first-order valence-electron chi connectivity index (χ1n) is 41.0. The lowest BCUT2D eigenvalue weighted by atomic mass is 9.76. The van der Waals surface area contributed by atoms with E-state index in [2.05, 4.69) is 68.0 Å². The molecule has 0 spiro atoms. The summed E-state index contributed by atoms with van der Waals surface area (Å²) in [6.45, 7) is 0. The van der Waals surface area contributed by atoms with Gasteiger partial charge in [0.1, 0.15) is 63.1 Å². The Labute approximate surface area is 670 Å². The van der Waals surface area contributed by atoms with E-state index in [-0.39, 0.29) is 23.3 Å². The Morgan fingerprint density at radius 2 is 0.578 bits per heavy atom. The summed E-state index contributed by atoms with van der Waals surface area (Å²) >= 11 is 6.07. The molecule has 5 fully saturated rings. The van der Waals surface area contributed by atoms with Crippen molar-refractivity contribution in [2.45, 2.75) is 171 Å². The monoisotopic (exact) mass is 1580 g/mol.